The van der Waals surface area contributed by atoms with Crippen molar-refractivity contribution in [3.63, 3.8) is 0 Å². The van der Waals surface area contributed by atoms with Crippen LogP contribution in [0.15, 0.2) is 18.2 Å². The molecule has 116 valence electrons. The number of aromatic hydroxyl groups is 1. The number of phenolic OH excluding ortho intramolecular Hbond substituents is 1. The number of hydrogen-bond donors (Lipinski definition) is 2. The minimum atomic E-state index is -4.76. The molecule has 0 radical (unpaired) electrons. The summed E-state index contributed by atoms with van der Waals surface area (Å²) in [5, 5.41) is 18.1. The number of ether oxygens (including phenoxy) is 1. The highest BCUT2D eigenvalue weighted by atomic mass is 19.4. The van der Waals surface area contributed by atoms with E-state index in [9.17, 15) is 27.9 Å². The van der Waals surface area contributed by atoms with E-state index in [1.165, 1.54) is 13.2 Å². The number of hydrogen-bond acceptors (Lipinski definition) is 4. The molecule has 0 atom stereocenters. The van der Waals surface area contributed by atoms with Crippen LogP contribution in [0.3, 0.4) is 0 Å². The van der Waals surface area contributed by atoms with Gasteiger partial charge in [-0.25, -0.2) is 0 Å². The summed E-state index contributed by atoms with van der Waals surface area (Å²) >= 11 is 0. The van der Waals surface area contributed by atoms with Gasteiger partial charge < -0.3 is 19.8 Å². The maximum Gasteiger partial charge on any atom is 0.406 e. The molecule has 0 saturated heterocycles. The Kier molecular flexibility index (Phi) is 5.01. The Morgan fingerprint density at radius 3 is 2.43 bits per heavy atom. The third-order valence-corrected chi connectivity index (χ3v) is 2.42. The average molecular weight is 307 g/mol. The predicted molar refractivity (Wildman–Crippen MR) is 64.3 cm³/mol. The third-order valence-electron chi connectivity index (χ3n) is 2.42. The monoisotopic (exact) mass is 307 g/mol. The number of rotatable bonds is 5. The van der Waals surface area contributed by atoms with Crippen LogP contribution in [0.4, 0.5) is 13.2 Å². The Bertz CT molecular complexity index is 544. The summed E-state index contributed by atoms with van der Waals surface area (Å²) in [5.74, 6) is -3.29. The Hall–Kier alpha value is -2.45. The van der Waals surface area contributed by atoms with Crippen LogP contribution in [0.1, 0.15) is 10.4 Å². The van der Waals surface area contributed by atoms with Crippen molar-refractivity contribution in [3.8, 4) is 11.5 Å². The summed E-state index contributed by atoms with van der Waals surface area (Å²) in [4.78, 5) is 22.7. The minimum Gasteiger partial charge on any atom is -0.507 e. The minimum absolute atomic E-state index is 0.0802. The molecule has 0 spiro atoms. The van der Waals surface area contributed by atoms with Gasteiger partial charge in [0.05, 0.1) is 12.7 Å². The molecule has 1 rings (SSSR count). The average Bonchev–Trinajstić information content (AvgIpc) is 2.35. The lowest BCUT2D eigenvalue weighted by molar-refractivity contribution is -0.149. The molecular formula is C12H12F3NO5. The predicted octanol–water partition coefficient (Wildman–Crippen LogP) is 1.49. The Morgan fingerprint density at radius 2 is 1.95 bits per heavy atom. The summed E-state index contributed by atoms with van der Waals surface area (Å²) in [6.45, 7) is -2.89. The first-order valence-electron chi connectivity index (χ1n) is 5.59. The highest BCUT2D eigenvalue weighted by Crippen LogP contribution is 2.25. The van der Waals surface area contributed by atoms with Gasteiger partial charge in [0.1, 0.15) is 24.6 Å². The Labute approximate surface area is 117 Å². The molecule has 21 heavy (non-hydrogen) atoms. The molecule has 9 heteroatoms. The molecule has 6 nitrogen and oxygen atoms in total. The maximum absolute atomic E-state index is 12.4. The van der Waals surface area contributed by atoms with Crippen LogP contribution in [0.25, 0.3) is 0 Å². The topological polar surface area (TPSA) is 87.1 Å². The molecule has 1 amide bonds. The Morgan fingerprint density at radius 1 is 1.33 bits per heavy atom. The zero-order valence-corrected chi connectivity index (χ0v) is 10.8. The maximum atomic E-state index is 12.4. The number of amides is 1. The second-order valence-corrected chi connectivity index (χ2v) is 4.05. The summed E-state index contributed by atoms with van der Waals surface area (Å²) in [6, 6.07) is 3.40. The molecule has 1 aromatic rings. The normalized spacial score (nSPS) is 11.0. The third kappa shape index (κ3) is 4.86. The van der Waals surface area contributed by atoms with Crippen molar-refractivity contribution in [2.75, 3.05) is 20.2 Å². The highest BCUT2D eigenvalue weighted by Gasteiger charge is 2.35. The molecule has 0 aliphatic rings. The van der Waals surface area contributed by atoms with E-state index in [2.05, 4.69) is 0 Å². The summed E-state index contributed by atoms with van der Waals surface area (Å²) in [6.07, 6.45) is -4.76. The van der Waals surface area contributed by atoms with E-state index in [1.54, 1.807) is 0 Å². The molecule has 0 aliphatic heterocycles. The van der Waals surface area contributed by atoms with Gasteiger partial charge in [-0.15, -0.1) is 0 Å². The summed E-state index contributed by atoms with van der Waals surface area (Å²) < 4.78 is 42.0. The van der Waals surface area contributed by atoms with Crippen molar-refractivity contribution >= 4 is 11.9 Å². The zero-order chi connectivity index (χ0) is 16.2. The Balaban J connectivity index is 3.12. The number of carbonyl (C=O) groups is 2. The van der Waals surface area contributed by atoms with Crippen molar-refractivity contribution in [2.24, 2.45) is 0 Å². The first-order valence-corrected chi connectivity index (χ1v) is 5.59. The van der Waals surface area contributed by atoms with E-state index >= 15 is 0 Å². The molecule has 1 aromatic carbocycles. The lowest BCUT2D eigenvalue weighted by Gasteiger charge is -2.22. The lowest BCUT2D eigenvalue weighted by Crippen LogP contribution is -2.42. The van der Waals surface area contributed by atoms with E-state index in [1.807, 2.05) is 0 Å². The number of carboxylic acids is 1. The van der Waals surface area contributed by atoms with Gasteiger partial charge in [0.15, 0.2) is 0 Å². The fourth-order valence-corrected chi connectivity index (χ4v) is 1.56. The van der Waals surface area contributed by atoms with Crippen LogP contribution in [0.2, 0.25) is 0 Å². The molecule has 0 aliphatic carbocycles. The first kappa shape index (κ1) is 16.6. The first-order chi connectivity index (χ1) is 9.64. The number of alkyl halides is 3. The SMILES string of the molecule is COc1ccc(O)c(C(=O)N(CC(=O)O)CC(F)(F)F)c1. The molecule has 0 unspecified atom stereocenters. The smallest absolute Gasteiger partial charge is 0.406 e. The molecule has 0 heterocycles. The standard InChI is InChI=1S/C12H12F3NO5/c1-21-7-2-3-9(17)8(4-7)11(20)16(5-10(18)19)6-12(13,14)15/h2-4,17H,5-6H2,1H3,(H,18,19). The van der Waals surface area contributed by atoms with Gasteiger partial charge in [0.25, 0.3) is 5.91 Å². The van der Waals surface area contributed by atoms with Crippen molar-refractivity contribution in [1.82, 2.24) is 4.90 Å². The number of nitrogens with zero attached hydrogens (tertiary/aromatic N) is 1. The number of phenols is 1. The zero-order valence-electron chi connectivity index (χ0n) is 10.8. The van der Waals surface area contributed by atoms with Crippen LogP contribution in [0.5, 0.6) is 11.5 Å². The van der Waals surface area contributed by atoms with E-state index in [0.717, 1.165) is 12.1 Å². The van der Waals surface area contributed by atoms with Gasteiger partial charge in [-0.05, 0) is 18.2 Å². The van der Waals surface area contributed by atoms with E-state index in [-0.39, 0.29) is 10.6 Å². The molecule has 0 saturated carbocycles. The van der Waals surface area contributed by atoms with Crippen molar-refractivity contribution < 1.29 is 37.7 Å². The second-order valence-electron chi connectivity index (χ2n) is 4.05. The van der Waals surface area contributed by atoms with Crippen LogP contribution < -0.4 is 4.74 Å². The van der Waals surface area contributed by atoms with Crippen molar-refractivity contribution in [1.29, 1.82) is 0 Å². The quantitative estimate of drug-likeness (QED) is 0.860. The molecular weight excluding hydrogens is 295 g/mol. The van der Waals surface area contributed by atoms with E-state index in [0.29, 0.717) is 0 Å². The summed E-state index contributed by atoms with van der Waals surface area (Å²) in [7, 11) is 1.27. The van der Waals surface area contributed by atoms with Crippen molar-refractivity contribution in [3.05, 3.63) is 23.8 Å². The van der Waals surface area contributed by atoms with Crippen LogP contribution in [0, 0.1) is 0 Å². The highest BCUT2D eigenvalue weighted by molar-refractivity contribution is 5.98. The van der Waals surface area contributed by atoms with Crippen LogP contribution >= 0.6 is 0 Å². The lowest BCUT2D eigenvalue weighted by atomic mass is 10.1. The number of halogens is 3. The van der Waals surface area contributed by atoms with Gasteiger partial charge in [0.2, 0.25) is 0 Å². The second kappa shape index (κ2) is 6.33. The van der Waals surface area contributed by atoms with Crippen LogP contribution in [-0.4, -0.2) is 53.4 Å². The van der Waals surface area contributed by atoms with E-state index < -0.39 is 42.5 Å². The molecule has 2 N–H and O–H groups in total. The van der Waals surface area contributed by atoms with Gasteiger partial charge in [0, 0.05) is 0 Å². The van der Waals surface area contributed by atoms with Gasteiger partial charge in [-0.3, -0.25) is 9.59 Å². The number of aliphatic carboxylic acids is 1. The number of methoxy groups -OCH3 is 1. The number of carboxylic acid groups (broad SMARTS) is 1. The molecule has 0 fully saturated rings. The number of benzene rings is 1. The number of carbonyl (C=O) groups excluding carboxylic acids is 1. The fraction of sp³-hybridized carbons (Fsp3) is 0.333. The summed E-state index contributed by atoms with van der Waals surface area (Å²) in [5.41, 5.74) is -0.472. The van der Waals surface area contributed by atoms with Gasteiger partial charge in [-0.1, -0.05) is 0 Å². The van der Waals surface area contributed by atoms with Gasteiger partial charge >= 0.3 is 12.1 Å². The van der Waals surface area contributed by atoms with E-state index in [4.69, 9.17) is 9.84 Å². The molecule has 0 bridgehead atoms. The van der Waals surface area contributed by atoms with Crippen LogP contribution in [-0.2, 0) is 4.79 Å². The largest absolute Gasteiger partial charge is 0.507 e. The molecule has 0 aromatic heterocycles. The van der Waals surface area contributed by atoms with Gasteiger partial charge in [-0.2, -0.15) is 13.2 Å². The van der Waals surface area contributed by atoms with Crippen molar-refractivity contribution in [2.45, 2.75) is 6.18 Å². The fourth-order valence-electron chi connectivity index (χ4n) is 1.56.